The number of rotatable bonds is 7. The maximum absolute atomic E-state index is 12.4. The first kappa shape index (κ1) is 19.6. The lowest BCUT2D eigenvalue weighted by atomic mass is 10.1. The fourth-order valence-electron chi connectivity index (χ4n) is 3.17. The van der Waals surface area contributed by atoms with Crippen molar-refractivity contribution < 1.29 is 9.53 Å². The number of hydrogen-bond donors (Lipinski definition) is 1. The van der Waals surface area contributed by atoms with E-state index >= 15 is 0 Å². The third-order valence-corrected chi connectivity index (χ3v) is 4.80. The van der Waals surface area contributed by atoms with Crippen LogP contribution < -0.4 is 10.2 Å². The van der Waals surface area contributed by atoms with Gasteiger partial charge in [-0.1, -0.05) is 12.1 Å². The van der Waals surface area contributed by atoms with E-state index in [-0.39, 0.29) is 5.91 Å². The number of methoxy groups -OCH3 is 1. The molecule has 3 aromatic rings. The van der Waals surface area contributed by atoms with E-state index in [0.29, 0.717) is 5.56 Å². The molecule has 0 aliphatic rings. The van der Waals surface area contributed by atoms with Crippen molar-refractivity contribution in [3.63, 3.8) is 0 Å². The SMILES string of the molecule is CCn1c(C)nc2cc(C(=O)N/N=C(/C)CCc3ccc(OC)cc3)ccc21. The topological polar surface area (TPSA) is 68.5 Å². The molecule has 0 atom stereocenters. The Balaban J connectivity index is 1.61. The molecule has 0 saturated carbocycles. The number of nitrogens with one attached hydrogen (secondary N) is 1. The average molecular weight is 378 g/mol. The van der Waals surface area contributed by atoms with E-state index in [9.17, 15) is 4.79 Å². The highest BCUT2D eigenvalue weighted by atomic mass is 16.5. The molecule has 3 rings (SSSR count). The van der Waals surface area contributed by atoms with Gasteiger partial charge in [0.05, 0.1) is 18.1 Å². The van der Waals surface area contributed by atoms with E-state index in [1.165, 1.54) is 5.56 Å². The Labute approximate surface area is 165 Å². The van der Waals surface area contributed by atoms with Gasteiger partial charge in [0.2, 0.25) is 0 Å². The zero-order valence-corrected chi connectivity index (χ0v) is 16.8. The number of benzene rings is 2. The number of amides is 1. The quantitative estimate of drug-likeness (QED) is 0.497. The van der Waals surface area contributed by atoms with E-state index in [0.717, 1.165) is 47.7 Å². The molecule has 0 unspecified atom stereocenters. The molecule has 1 aromatic heterocycles. The third-order valence-electron chi connectivity index (χ3n) is 4.80. The fraction of sp³-hybridized carbons (Fsp3) is 0.318. The lowest BCUT2D eigenvalue weighted by Crippen LogP contribution is -2.19. The van der Waals surface area contributed by atoms with Gasteiger partial charge in [-0.05, 0) is 69.5 Å². The van der Waals surface area contributed by atoms with Crippen molar-refractivity contribution in [1.82, 2.24) is 15.0 Å². The maximum atomic E-state index is 12.4. The van der Waals surface area contributed by atoms with Crippen LogP contribution in [0.2, 0.25) is 0 Å². The minimum Gasteiger partial charge on any atom is -0.497 e. The summed E-state index contributed by atoms with van der Waals surface area (Å²) < 4.78 is 7.29. The van der Waals surface area contributed by atoms with Crippen molar-refractivity contribution in [3.8, 4) is 5.75 Å². The second kappa shape index (κ2) is 8.69. The first-order chi connectivity index (χ1) is 13.5. The van der Waals surface area contributed by atoms with E-state index in [1.54, 1.807) is 7.11 Å². The van der Waals surface area contributed by atoms with E-state index in [2.05, 4.69) is 27.0 Å². The number of nitrogens with zero attached hydrogens (tertiary/aromatic N) is 3. The normalized spacial score (nSPS) is 11.6. The Morgan fingerprint density at radius 1 is 1.21 bits per heavy atom. The summed E-state index contributed by atoms with van der Waals surface area (Å²) in [6, 6.07) is 13.5. The molecule has 0 saturated heterocycles. The second-order valence-electron chi connectivity index (χ2n) is 6.74. The van der Waals surface area contributed by atoms with Gasteiger partial charge in [-0.3, -0.25) is 4.79 Å². The van der Waals surface area contributed by atoms with Crippen LogP contribution in [0.5, 0.6) is 5.75 Å². The summed E-state index contributed by atoms with van der Waals surface area (Å²) in [5, 5.41) is 4.24. The Hall–Kier alpha value is -3.15. The Morgan fingerprint density at radius 2 is 1.96 bits per heavy atom. The van der Waals surface area contributed by atoms with Crippen molar-refractivity contribution >= 4 is 22.7 Å². The number of fused-ring (bicyclic) bond motifs is 1. The van der Waals surface area contributed by atoms with Crippen molar-refractivity contribution in [2.45, 2.75) is 40.2 Å². The van der Waals surface area contributed by atoms with Gasteiger partial charge in [0.1, 0.15) is 11.6 Å². The van der Waals surface area contributed by atoms with Crippen LogP contribution in [0.3, 0.4) is 0 Å². The zero-order valence-electron chi connectivity index (χ0n) is 16.8. The molecule has 1 amide bonds. The van der Waals surface area contributed by atoms with E-state index in [4.69, 9.17) is 4.74 Å². The lowest BCUT2D eigenvalue weighted by molar-refractivity contribution is 0.0955. The minimum atomic E-state index is -0.227. The zero-order chi connectivity index (χ0) is 20.1. The summed E-state index contributed by atoms with van der Waals surface area (Å²) in [6.45, 7) is 6.82. The first-order valence-electron chi connectivity index (χ1n) is 9.45. The molecule has 0 aliphatic heterocycles. The van der Waals surface area contributed by atoms with Crippen LogP contribution in [0.4, 0.5) is 0 Å². The lowest BCUT2D eigenvalue weighted by Gasteiger charge is -2.05. The molecule has 6 heteroatoms. The highest BCUT2D eigenvalue weighted by molar-refractivity contribution is 5.98. The average Bonchev–Trinajstić information content (AvgIpc) is 3.04. The van der Waals surface area contributed by atoms with Gasteiger partial charge in [-0.25, -0.2) is 10.4 Å². The number of hydrogen-bond acceptors (Lipinski definition) is 4. The molecule has 1 N–H and O–H groups in total. The summed E-state index contributed by atoms with van der Waals surface area (Å²) in [4.78, 5) is 17.0. The van der Waals surface area contributed by atoms with Crippen molar-refractivity contribution in [1.29, 1.82) is 0 Å². The highest BCUT2D eigenvalue weighted by Gasteiger charge is 2.10. The number of ether oxygens (including phenoxy) is 1. The summed E-state index contributed by atoms with van der Waals surface area (Å²) in [5.74, 6) is 1.56. The van der Waals surface area contributed by atoms with E-state index < -0.39 is 0 Å². The third kappa shape index (κ3) is 4.39. The van der Waals surface area contributed by atoms with Gasteiger partial charge >= 0.3 is 0 Å². The van der Waals surface area contributed by atoms with Crippen LogP contribution in [0, 0.1) is 6.92 Å². The Kier molecular flexibility index (Phi) is 6.09. The fourth-order valence-corrected chi connectivity index (χ4v) is 3.17. The Bertz CT molecular complexity index is 1000. The molecule has 146 valence electrons. The molecule has 0 spiro atoms. The van der Waals surface area contributed by atoms with Gasteiger partial charge < -0.3 is 9.30 Å². The smallest absolute Gasteiger partial charge is 0.271 e. The molecule has 0 fully saturated rings. The molecule has 6 nitrogen and oxygen atoms in total. The Morgan fingerprint density at radius 3 is 2.64 bits per heavy atom. The van der Waals surface area contributed by atoms with Gasteiger partial charge in [-0.15, -0.1) is 0 Å². The summed E-state index contributed by atoms with van der Waals surface area (Å²) in [6.07, 6.45) is 1.63. The molecular formula is C22H26N4O2. The molecule has 0 radical (unpaired) electrons. The van der Waals surface area contributed by atoms with Crippen molar-refractivity contribution in [2.24, 2.45) is 5.10 Å². The molecular weight excluding hydrogens is 352 g/mol. The number of carbonyl (C=O) groups is 1. The number of imidazole rings is 1. The van der Waals surface area contributed by atoms with Gasteiger partial charge in [-0.2, -0.15) is 5.10 Å². The standard InChI is InChI=1S/C22H26N4O2/c1-5-26-16(3)23-20-14-18(10-13-21(20)26)22(27)25-24-15(2)6-7-17-8-11-19(28-4)12-9-17/h8-14H,5-7H2,1-4H3,(H,25,27)/b24-15-. The van der Waals surface area contributed by atoms with Crippen LogP contribution >= 0.6 is 0 Å². The number of aromatic nitrogens is 2. The van der Waals surface area contributed by atoms with Gasteiger partial charge in [0, 0.05) is 17.8 Å². The molecule has 0 aliphatic carbocycles. The van der Waals surface area contributed by atoms with Gasteiger partial charge in [0.25, 0.3) is 5.91 Å². The molecule has 1 heterocycles. The summed E-state index contributed by atoms with van der Waals surface area (Å²) in [5.41, 5.74) is 7.14. The minimum absolute atomic E-state index is 0.227. The monoisotopic (exact) mass is 378 g/mol. The first-order valence-corrected chi connectivity index (χ1v) is 9.45. The largest absolute Gasteiger partial charge is 0.497 e. The predicted molar refractivity (Wildman–Crippen MR) is 112 cm³/mol. The van der Waals surface area contributed by atoms with Crippen molar-refractivity contribution in [3.05, 3.63) is 59.4 Å². The summed E-state index contributed by atoms with van der Waals surface area (Å²) >= 11 is 0. The number of hydrazone groups is 1. The van der Waals surface area contributed by atoms with Crippen LogP contribution in [-0.4, -0.2) is 28.3 Å². The second-order valence-corrected chi connectivity index (χ2v) is 6.74. The molecule has 0 bridgehead atoms. The number of carbonyl (C=O) groups excluding carboxylic acids is 1. The molecule has 2 aromatic carbocycles. The highest BCUT2D eigenvalue weighted by Crippen LogP contribution is 2.18. The predicted octanol–water partition coefficient (Wildman–Crippen LogP) is 4.11. The van der Waals surface area contributed by atoms with Crippen LogP contribution in [0.25, 0.3) is 11.0 Å². The van der Waals surface area contributed by atoms with E-state index in [1.807, 2.05) is 56.3 Å². The van der Waals surface area contributed by atoms with Crippen LogP contribution in [0.15, 0.2) is 47.6 Å². The van der Waals surface area contributed by atoms with Crippen molar-refractivity contribution in [2.75, 3.05) is 7.11 Å². The number of aryl methyl sites for hydroxylation is 3. The summed E-state index contributed by atoms with van der Waals surface area (Å²) in [7, 11) is 1.66. The van der Waals surface area contributed by atoms with Crippen LogP contribution in [-0.2, 0) is 13.0 Å². The maximum Gasteiger partial charge on any atom is 0.271 e. The molecule has 28 heavy (non-hydrogen) atoms. The van der Waals surface area contributed by atoms with Crippen LogP contribution in [0.1, 0.15) is 42.0 Å². The van der Waals surface area contributed by atoms with Gasteiger partial charge in [0.15, 0.2) is 0 Å².